The molecule has 1 N–H and O–H groups in total. The number of nitrogens with zero attached hydrogens (tertiary/aromatic N) is 2. The van der Waals surface area contributed by atoms with Crippen molar-refractivity contribution in [1.82, 2.24) is 9.80 Å². The van der Waals surface area contributed by atoms with Crippen molar-refractivity contribution in [2.24, 2.45) is 0 Å². The summed E-state index contributed by atoms with van der Waals surface area (Å²) in [4.78, 5) is 15.4. The van der Waals surface area contributed by atoms with E-state index in [4.69, 9.17) is 0 Å². The molecule has 0 aromatic heterocycles. The zero-order valence-electron chi connectivity index (χ0n) is 11.8. The van der Waals surface area contributed by atoms with Gasteiger partial charge >= 0.3 is 0 Å². The zero-order valence-corrected chi connectivity index (χ0v) is 11.8. The first-order valence-corrected chi connectivity index (χ1v) is 6.58. The van der Waals surface area contributed by atoms with Crippen LogP contribution < -0.4 is 0 Å². The molecule has 2 atom stereocenters. The lowest BCUT2D eigenvalue weighted by Crippen LogP contribution is -2.42. The van der Waals surface area contributed by atoms with Crippen LogP contribution in [-0.2, 0) is 0 Å². The molecule has 7 heteroatoms. The number of amides is 1. The monoisotopic (exact) mass is 302 g/mol. The van der Waals surface area contributed by atoms with Crippen molar-refractivity contribution in [3.05, 3.63) is 35.1 Å². The Hall–Kier alpha value is -1.60. The van der Waals surface area contributed by atoms with E-state index < -0.39 is 35.0 Å². The molecule has 2 rings (SSSR count). The summed E-state index contributed by atoms with van der Waals surface area (Å²) in [6.07, 6.45) is -0.389. The van der Waals surface area contributed by atoms with Crippen molar-refractivity contribution >= 4 is 5.91 Å². The zero-order chi connectivity index (χ0) is 15.7. The SMILES string of the molecule is CN(C)CC1CC(O)CN1C(=O)c1c(F)cc(F)cc1F. The minimum Gasteiger partial charge on any atom is -0.391 e. The molecule has 1 aliphatic rings. The number of rotatable bonds is 3. The number of β-amino-alcohol motifs (C(OH)–C–C–N with tert-alkyl or cyclic N) is 1. The molecule has 116 valence electrons. The Bertz CT molecular complexity index is 528. The molecule has 1 amide bonds. The minimum absolute atomic E-state index is 0.00754. The van der Waals surface area contributed by atoms with Crippen LogP contribution in [0, 0.1) is 17.5 Å². The number of aliphatic hydroxyl groups is 1. The van der Waals surface area contributed by atoms with Crippen LogP contribution in [0.2, 0.25) is 0 Å². The topological polar surface area (TPSA) is 43.8 Å². The van der Waals surface area contributed by atoms with E-state index in [-0.39, 0.29) is 12.6 Å². The van der Waals surface area contributed by atoms with Crippen LogP contribution >= 0.6 is 0 Å². The van der Waals surface area contributed by atoms with Crippen molar-refractivity contribution in [1.29, 1.82) is 0 Å². The maximum Gasteiger partial charge on any atom is 0.260 e. The predicted octanol–water partition coefficient (Wildman–Crippen LogP) is 1.24. The van der Waals surface area contributed by atoms with Gasteiger partial charge in [0.1, 0.15) is 23.0 Å². The number of hydrogen-bond donors (Lipinski definition) is 1. The molecule has 0 radical (unpaired) electrons. The van der Waals surface area contributed by atoms with E-state index in [0.717, 1.165) is 0 Å². The minimum atomic E-state index is -1.23. The summed E-state index contributed by atoms with van der Waals surface area (Å²) in [5, 5.41) is 9.70. The number of likely N-dealkylation sites (tertiary alicyclic amines) is 1. The van der Waals surface area contributed by atoms with Crippen LogP contribution in [0.5, 0.6) is 0 Å². The number of likely N-dealkylation sites (N-methyl/N-ethyl adjacent to an activating group) is 1. The van der Waals surface area contributed by atoms with Gasteiger partial charge in [0.2, 0.25) is 0 Å². The number of carbonyl (C=O) groups is 1. The van der Waals surface area contributed by atoms with Gasteiger partial charge in [-0.2, -0.15) is 0 Å². The van der Waals surface area contributed by atoms with Gasteiger partial charge in [0, 0.05) is 31.3 Å². The van der Waals surface area contributed by atoms with Gasteiger partial charge in [-0.15, -0.1) is 0 Å². The highest BCUT2D eigenvalue weighted by Crippen LogP contribution is 2.24. The molecule has 1 aromatic carbocycles. The van der Waals surface area contributed by atoms with Gasteiger partial charge in [-0.25, -0.2) is 13.2 Å². The van der Waals surface area contributed by atoms with Gasteiger partial charge < -0.3 is 14.9 Å². The molecular formula is C14H17F3N2O2. The van der Waals surface area contributed by atoms with Gasteiger partial charge in [0.25, 0.3) is 5.91 Å². The molecule has 4 nitrogen and oxygen atoms in total. The molecule has 2 unspecified atom stereocenters. The smallest absolute Gasteiger partial charge is 0.260 e. The largest absolute Gasteiger partial charge is 0.391 e. The Balaban J connectivity index is 2.30. The van der Waals surface area contributed by atoms with E-state index in [1.54, 1.807) is 14.1 Å². The molecule has 0 bridgehead atoms. The van der Waals surface area contributed by atoms with E-state index in [1.807, 2.05) is 4.90 Å². The number of carbonyl (C=O) groups excluding carboxylic acids is 1. The molecule has 21 heavy (non-hydrogen) atoms. The Morgan fingerprint density at radius 2 is 1.90 bits per heavy atom. The Morgan fingerprint density at radius 1 is 1.33 bits per heavy atom. The first-order valence-electron chi connectivity index (χ1n) is 6.58. The van der Waals surface area contributed by atoms with Crippen molar-refractivity contribution in [2.45, 2.75) is 18.6 Å². The average molecular weight is 302 g/mol. The van der Waals surface area contributed by atoms with Crippen molar-refractivity contribution in [2.75, 3.05) is 27.2 Å². The third-order valence-corrected chi connectivity index (χ3v) is 3.45. The fourth-order valence-electron chi connectivity index (χ4n) is 2.63. The van der Waals surface area contributed by atoms with Crippen molar-refractivity contribution in [3.8, 4) is 0 Å². The van der Waals surface area contributed by atoms with Crippen LogP contribution in [0.3, 0.4) is 0 Å². The second kappa shape index (κ2) is 6.03. The van der Waals surface area contributed by atoms with Crippen LogP contribution in [0.25, 0.3) is 0 Å². The lowest BCUT2D eigenvalue weighted by molar-refractivity contribution is 0.0689. The summed E-state index contributed by atoms with van der Waals surface area (Å²) >= 11 is 0. The number of halogens is 3. The van der Waals surface area contributed by atoms with E-state index in [9.17, 15) is 23.1 Å². The Morgan fingerprint density at radius 3 is 2.43 bits per heavy atom. The predicted molar refractivity (Wildman–Crippen MR) is 70.3 cm³/mol. The summed E-state index contributed by atoms with van der Waals surface area (Å²) in [5.74, 6) is -4.41. The second-order valence-corrected chi connectivity index (χ2v) is 5.51. The highest BCUT2D eigenvalue weighted by atomic mass is 19.1. The van der Waals surface area contributed by atoms with Crippen LogP contribution in [0.1, 0.15) is 16.8 Å². The van der Waals surface area contributed by atoms with Crippen LogP contribution in [0.4, 0.5) is 13.2 Å². The molecular weight excluding hydrogens is 285 g/mol. The number of hydrogen-bond acceptors (Lipinski definition) is 3. The van der Waals surface area contributed by atoms with Crippen LogP contribution in [-0.4, -0.2) is 60.1 Å². The van der Waals surface area contributed by atoms with Gasteiger partial charge in [-0.3, -0.25) is 4.79 Å². The molecule has 1 heterocycles. The quantitative estimate of drug-likeness (QED) is 0.913. The standard InChI is InChI=1S/C14H17F3N2O2/c1-18(2)6-9-5-10(20)7-19(9)14(21)13-11(16)3-8(15)4-12(13)17/h3-4,9-10,20H,5-7H2,1-2H3. The van der Waals surface area contributed by atoms with Gasteiger partial charge in [0.15, 0.2) is 0 Å². The number of aliphatic hydroxyl groups excluding tert-OH is 1. The fourth-order valence-corrected chi connectivity index (χ4v) is 2.63. The molecule has 0 spiro atoms. The molecule has 1 aromatic rings. The third kappa shape index (κ3) is 3.36. The molecule has 0 aliphatic carbocycles. The third-order valence-electron chi connectivity index (χ3n) is 3.45. The first-order chi connectivity index (χ1) is 9.79. The summed E-state index contributed by atoms with van der Waals surface area (Å²) in [6.45, 7) is 0.473. The lowest BCUT2D eigenvalue weighted by Gasteiger charge is -2.27. The molecule has 1 fully saturated rings. The number of benzene rings is 1. The van der Waals surface area contributed by atoms with Gasteiger partial charge in [-0.1, -0.05) is 0 Å². The molecule has 1 saturated heterocycles. The first kappa shape index (κ1) is 15.8. The Kier molecular flexibility index (Phi) is 4.53. The van der Waals surface area contributed by atoms with E-state index in [0.29, 0.717) is 25.1 Å². The molecule has 1 aliphatic heterocycles. The normalized spacial score (nSPS) is 22.1. The van der Waals surface area contributed by atoms with Gasteiger partial charge in [-0.05, 0) is 20.5 Å². The summed E-state index contributed by atoms with van der Waals surface area (Å²) in [5.41, 5.74) is -0.783. The van der Waals surface area contributed by atoms with Gasteiger partial charge in [0.05, 0.1) is 6.10 Å². The lowest BCUT2D eigenvalue weighted by atomic mass is 10.1. The summed E-state index contributed by atoms with van der Waals surface area (Å²) < 4.78 is 40.3. The fraction of sp³-hybridized carbons (Fsp3) is 0.500. The van der Waals surface area contributed by atoms with Crippen molar-refractivity contribution < 1.29 is 23.1 Å². The molecule has 0 saturated carbocycles. The summed E-state index contributed by atoms with van der Waals surface area (Å²) in [6, 6.07) is 0.611. The second-order valence-electron chi connectivity index (χ2n) is 5.51. The summed E-state index contributed by atoms with van der Waals surface area (Å²) in [7, 11) is 3.60. The van der Waals surface area contributed by atoms with E-state index in [1.165, 1.54) is 4.90 Å². The van der Waals surface area contributed by atoms with E-state index >= 15 is 0 Å². The van der Waals surface area contributed by atoms with Crippen molar-refractivity contribution in [3.63, 3.8) is 0 Å². The Labute approximate surface area is 120 Å². The highest BCUT2D eigenvalue weighted by Gasteiger charge is 2.37. The average Bonchev–Trinajstić information content (AvgIpc) is 2.67. The maximum absolute atomic E-state index is 13.7. The van der Waals surface area contributed by atoms with Crippen LogP contribution in [0.15, 0.2) is 12.1 Å². The highest BCUT2D eigenvalue weighted by molar-refractivity contribution is 5.95. The van der Waals surface area contributed by atoms with E-state index in [2.05, 4.69) is 0 Å². The maximum atomic E-state index is 13.7.